The summed E-state index contributed by atoms with van der Waals surface area (Å²) in [7, 11) is 0. The second-order valence-corrected chi connectivity index (χ2v) is 7.35. The summed E-state index contributed by atoms with van der Waals surface area (Å²) in [5, 5.41) is 9.51. The molecule has 0 spiro atoms. The molecule has 2 aromatic rings. The SMILES string of the molecule is CCNC(=NCc1cccc(NC(=O)C2CCCC2)c1)NCc1ccc(F)cc1. The van der Waals surface area contributed by atoms with Crippen molar-refractivity contribution >= 4 is 17.6 Å². The summed E-state index contributed by atoms with van der Waals surface area (Å²) in [6.07, 6.45) is 4.26. The van der Waals surface area contributed by atoms with Gasteiger partial charge in [0.1, 0.15) is 5.82 Å². The molecule has 29 heavy (non-hydrogen) atoms. The Morgan fingerprint density at radius 1 is 1.07 bits per heavy atom. The molecule has 2 aromatic carbocycles. The van der Waals surface area contributed by atoms with Gasteiger partial charge in [0, 0.05) is 24.7 Å². The van der Waals surface area contributed by atoms with Crippen molar-refractivity contribution in [3.05, 3.63) is 65.5 Å². The maximum Gasteiger partial charge on any atom is 0.227 e. The zero-order chi connectivity index (χ0) is 20.5. The first-order valence-electron chi connectivity index (χ1n) is 10.3. The normalized spacial score (nSPS) is 14.6. The van der Waals surface area contributed by atoms with E-state index in [1.165, 1.54) is 12.1 Å². The van der Waals surface area contributed by atoms with Crippen LogP contribution in [0, 0.1) is 11.7 Å². The molecule has 154 valence electrons. The van der Waals surface area contributed by atoms with Crippen LogP contribution in [0.4, 0.5) is 10.1 Å². The number of anilines is 1. The maximum absolute atomic E-state index is 13.0. The number of carbonyl (C=O) groups excluding carboxylic acids is 1. The Balaban J connectivity index is 1.58. The van der Waals surface area contributed by atoms with E-state index in [9.17, 15) is 9.18 Å². The molecule has 0 heterocycles. The molecular weight excluding hydrogens is 367 g/mol. The third-order valence-corrected chi connectivity index (χ3v) is 5.06. The topological polar surface area (TPSA) is 65.5 Å². The number of amides is 1. The highest BCUT2D eigenvalue weighted by atomic mass is 19.1. The number of guanidine groups is 1. The maximum atomic E-state index is 13.0. The number of halogens is 1. The lowest BCUT2D eigenvalue weighted by Gasteiger charge is -2.12. The minimum atomic E-state index is -0.241. The molecule has 0 saturated heterocycles. The van der Waals surface area contributed by atoms with E-state index in [2.05, 4.69) is 20.9 Å². The van der Waals surface area contributed by atoms with Crippen molar-refractivity contribution in [2.75, 3.05) is 11.9 Å². The molecule has 0 bridgehead atoms. The molecule has 1 aliphatic rings. The van der Waals surface area contributed by atoms with Crippen LogP contribution in [0.15, 0.2) is 53.5 Å². The summed E-state index contributed by atoms with van der Waals surface area (Å²) in [5.74, 6) is 0.719. The van der Waals surface area contributed by atoms with Gasteiger partial charge in [-0.2, -0.15) is 0 Å². The van der Waals surface area contributed by atoms with Gasteiger partial charge >= 0.3 is 0 Å². The minimum absolute atomic E-state index is 0.123. The van der Waals surface area contributed by atoms with Crippen molar-refractivity contribution in [3.63, 3.8) is 0 Å². The molecule has 1 amide bonds. The predicted molar refractivity (Wildman–Crippen MR) is 115 cm³/mol. The Bertz CT molecular complexity index is 829. The lowest BCUT2D eigenvalue weighted by molar-refractivity contribution is -0.119. The Hall–Kier alpha value is -2.89. The third-order valence-electron chi connectivity index (χ3n) is 5.06. The molecular formula is C23H29FN4O. The molecule has 1 aliphatic carbocycles. The van der Waals surface area contributed by atoms with E-state index in [1.54, 1.807) is 12.1 Å². The van der Waals surface area contributed by atoms with Gasteiger partial charge in [-0.3, -0.25) is 4.79 Å². The summed E-state index contributed by atoms with van der Waals surface area (Å²) in [5.41, 5.74) is 2.82. The molecule has 1 fully saturated rings. The number of aliphatic imine (C=N–C) groups is 1. The quantitative estimate of drug-likeness (QED) is 0.485. The largest absolute Gasteiger partial charge is 0.357 e. The van der Waals surface area contributed by atoms with Gasteiger partial charge in [0.2, 0.25) is 5.91 Å². The number of carbonyl (C=O) groups is 1. The molecule has 1 saturated carbocycles. The van der Waals surface area contributed by atoms with Crippen molar-refractivity contribution in [2.24, 2.45) is 10.9 Å². The highest BCUT2D eigenvalue weighted by molar-refractivity contribution is 5.92. The van der Waals surface area contributed by atoms with Gasteiger partial charge in [-0.05, 0) is 55.2 Å². The average Bonchev–Trinajstić information content (AvgIpc) is 3.27. The van der Waals surface area contributed by atoms with E-state index in [4.69, 9.17) is 0 Å². The number of nitrogens with one attached hydrogen (secondary N) is 3. The molecule has 3 N–H and O–H groups in total. The number of rotatable bonds is 7. The van der Waals surface area contributed by atoms with E-state index >= 15 is 0 Å². The summed E-state index contributed by atoms with van der Waals surface area (Å²) < 4.78 is 13.0. The van der Waals surface area contributed by atoms with E-state index in [0.29, 0.717) is 19.0 Å². The highest BCUT2D eigenvalue weighted by Gasteiger charge is 2.22. The monoisotopic (exact) mass is 396 g/mol. The van der Waals surface area contributed by atoms with Crippen molar-refractivity contribution in [3.8, 4) is 0 Å². The standard InChI is InChI=1S/C23H29FN4O/c1-2-25-23(26-15-17-10-12-20(24)13-11-17)27-16-18-6-5-9-21(14-18)28-22(29)19-7-3-4-8-19/h5-6,9-14,19H,2-4,7-8,15-16H2,1H3,(H,28,29)(H2,25,26,27). The number of hydrogen-bond donors (Lipinski definition) is 3. The minimum Gasteiger partial charge on any atom is -0.357 e. The van der Waals surface area contributed by atoms with Crippen LogP contribution in [-0.2, 0) is 17.9 Å². The smallest absolute Gasteiger partial charge is 0.227 e. The molecule has 5 nitrogen and oxygen atoms in total. The molecule has 3 rings (SSSR count). The van der Waals surface area contributed by atoms with Crippen LogP contribution in [-0.4, -0.2) is 18.4 Å². The third kappa shape index (κ3) is 6.59. The van der Waals surface area contributed by atoms with E-state index < -0.39 is 0 Å². The average molecular weight is 397 g/mol. The van der Waals surface area contributed by atoms with Gasteiger partial charge in [-0.15, -0.1) is 0 Å². The van der Waals surface area contributed by atoms with E-state index in [0.717, 1.165) is 49.0 Å². The Kier molecular flexibility index (Phi) is 7.61. The first-order chi connectivity index (χ1) is 14.1. The lowest BCUT2D eigenvalue weighted by atomic mass is 10.1. The summed E-state index contributed by atoms with van der Waals surface area (Å²) in [6.45, 7) is 3.80. The van der Waals surface area contributed by atoms with Gasteiger partial charge in [-0.1, -0.05) is 37.1 Å². The second kappa shape index (κ2) is 10.6. The highest BCUT2D eigenvalue weighted by Crippen LogP contribution is 2.26. The number of hydrogen-bond acceptors (Lipinski definition) is 2. The van der Waals surface area contributed by atoms with Crippen LogP contribution in [0.1, 0.15) is 43.7 Å². The van der Waals surface area contributed by atoms with Crippen molar-refractivity contribution in [1.82, 2.24) is 10.6 Å². The zero-order valence-electron chi connectivity index (χ0n) is 16.9. The summed E-state index contributed by atoms with van der Waals surface area (Å²) in [6, 6.07) is 14.2. The molecule has 0 atom stereocenters. The van der Waals surface area contributed by atoms with Gasteiger partial charge in [0.05, 0.1) is 6.54 Å². The number of benzene rings is 2. The van der Waals surface area contributed by atoms with Crippen LogP contribution in [0.5, 0.6) is 0 Å². The van der Waals surface area contributed by atoms with Gasteiger partial charge in [0.25, 0.3) is 0 Å². The molecule has 0 unspecified atom stereocenters. The van der Waals surface area contributed by atoms with Gasteiger partial charge < -0.3 is 16.0 Å². The first kappa shape index (κ1) is 20.8. The lowest BCUT2D eigenvalue weighted by Crippen LogP contribution is -2.36. The van der Waals surface area contributed by atoms with Crippen LogP contribution < -0.4 is 16.0 Å². The van der Waals surface area contributed by atoms with Gasteiger partial charge in [-0.25, -0.2) is 9.38 Å². The van der Waals surface area contributed by atoms with Crippen LogP contribution >= 0.6 is 0 Å². The Morgan fingerprint density at radius 3 is 2.55 bits per heavy atom. The molecule has 0 aliphatic heterocycles. The van der Waals surface area contributed by atoms with Crippen LogP contribution in [0.3, 0.4) is 0 Å². The van der Waals surface area contributed by atoms with Crippen LogP contribution in [0.2, 0.25) is 0 Å². The Morgan fingerprint density at radius 2 is 1.83 bits per heavy atom. The fourth-order valence-electron chi connectivity index (χ4n) is 3.48. The fraction of sp³-hybridized carbons (Fsp3) is 0.391. The van der Waals surface area contributed by atoms with E-state index in [1.807, 2.05) is 31.2 Å². The number of nitrogens with zero attached hydrogens (tertiary/aromatic N) is 1. The molecule has 0 aromatic heterocycles. The van der Waals surface area contributed by atoms with Gasteiger partial charge in [0.15, 0.2) is 5.96 Å². The molecule has 0 radical (unpaired) electrons. The van der Waals surface area contributed by atoms with Crippen LogP contribution in [0.25, 0.3) is 0 Å². The van der Waals surface area contributed by atoms with Crippen molar-refractivity contribution < 1.29 is 9.18 Å². The predicted octanol–water partition coefficient (Wildman–Crippen LogP) is 4.21. The second-order valence-electron chi connectivity index (χ2n) is 7.35. The first-order valence-corrected chi connectivity index (χ1v) is 10.3. The van der Waals surface area contributed by atoms with Crippen molar-refractivity contribution in [1.29, 1.82) is 0 Å². The molecule has 6 heteroatoms. The zero-order valence-corrected chi connectivity index (χ0v) is 16.9. The Labute approximate surface area is 171 Å². The summed E-state index contributed by atoms with van der Waals surface area (Å²) >= 11 is 0. The van der Waals surface area contributed by atoms with Crippen molar-refractivity contribution in [2.45, 2.75) is 45.7 Å². The summed E-state index contributed by atoms with van der Waals surface area (Å²) in [4.78, 5) is 17.0. The fourth-order valence-corrected chi connectivity index (χ4v) is 3.48. The van der Waals surface area contributed by atoms with E-state index in [-0.39, 0.29) is 17.6 Å².